The van der Waals surface area contributed by atoms with Crippen LogP contribution >= 0.6 is 15.9 Å². The molecule has 0 aromatic carbocycles. The van der Waals surface area contributed by atoms with Crippen molar-refractivity contribution in [1.29, 1.82) is 0 Å². The molecule has 108 valence electrons. The van der Waals surface area contributed by atoms with E-state index in [0.717, 1.165) is 15.9 Å². The quantitative estimate of drug-likeness (QED) is 0.644. The van der Waals surface area contributed by atoms with Gasteiger partial charge in [-0.25, -0.2) is 5.43 Å². The van der Waals surface area contributed by atoms with Crippen LogP contribution in [0.2, 0.25) is 0 Å². The van der Waals surface area contributed by atoms with Crippen LogP contribution in [0.1, 0.15) is 37.3 Å². The van der Waals surface area contributed by atoms with Crippen LogP contribution in [0.5, 0.6) is 5.75 Å². The molecule has 0 saturated carbocycles. The van der Waals surface area contributed by atoms with Crippen molar-refractivity contribution in [2.75, 3.05) is 7.11 Å². The van der Waals surface area contributed by atoms with E-state index < -0.39 is 0 Å². The van der Waals surface area contributed by atoms with Crippen LogP contribution in [0.25, 0.3) is 0 Å². The summed E-state index contributed by atoms with van der Waals surface area (Å²) < 4.78 is 8.15. The number of hydrazine groups is 1. The standard InChI is InChI=1S/C13H18BrN5O/c1-8(2)19-13(10(20-3)7-17-19)12(18-15)11-9(14)5-4-6-16-11/h4-8,12,18H,15H2,1-3H3. The van der Waals surface area contributed by atoms with Gasteiger partial charge in [0.2, 0.25) is 0 Å². The van der Waals surface area contributed by atoms with Gasteiger partial charge in [-0.2, -0.15) is 5.10 Å². The fourth-order valence-corrected chi connectivity index (χ4v) is 2.58. The van der Waals surface area contributed by atoms with E-state index in [-0.39, 0.29) is 12.1 Å². The molecule has 0 bridgehead atoms. The van der Waals surface area contributed by atoms with E-state index in [1.54, 1.807) is 19.5 Å². The Labute approximate surface area is 126 Å². The largest absolute Gasteiger partial charge is 0.493 e. The molecule has 2 heterocycles. The number of ether oxygens (including phenoxy) is 1. The summed E-state index contributed by atoms with van der Waals surface area (Å²) in [6.07, 6.45) is 3.42. The summed E-state index contributed by atoms with van der Waals surface area (Å²) in [4.78, 5) is 4.40. The van der Waals surface area contributed by atoms with E-state index in [1.807, 2.05) is 16.8 Å². The van der Waals surface area contributed by atoms with Crippen LogP contribution in [-0.2, 0) is 0 Å². The normalized spacial score (nSPS) is 12.7. The molecule has 0 aliphatic rings. The summed E-state index contributed by atoms with van der Waals surface area (Å²) in [6, 6.07) is 3.66. The number of aromatic nitrogens is 3. The average molecular weight is 340 g/mol. The Kier molecular flexibility index (Phi) is 4.74. The van der Waals surface area contributed by atoms with Gasteiger partial charge in [-0.15, -0.1) is 0 Å². The van der Waals surface area contributed by atoms with E-state index in [1.165, 1.54) is 0 Å². The molecule has 0 saturated heterocycles. The van der Waals surface area contributed by atoms with Crippen LogP contribution in [0.3, 0.4) is 0 Å². The number of pyridine rings is 1. The van der Waals surface area contributed by atoms with E-state index in [2.05, 4.69) is 45.3 Å². The molecule has 0 amide bonds. The summed E-state index contributed by atoms with van der Waals surface area (Å²) in [7, 11) is 1.62. The van der Waals surface area contributed by atoms with Crippen LogP contribution in [-0.4, -0.2) is 21.9 Å². The van der Waals surface area contributed by atoms with Crippen molar-refractivity contribution >= 4 is 15.9 Å². The number of hydrogen-bond donors (Lipinski definition) is 2. The third-order valence-electron chi connectivity index (χ3n) is 3.01. The minimum absolute atomic E-state index is 0.187. The zero-order chi connectivity index (χ0) is 14.7. The zero-order valence-electron chi connectivity index (χ0n) is 11.7. The average Bonchev–Trinajstić information content (AvgIpc) is 2.86. The predicted molar refractivity (Wildman–Crippen MR) is 80.3 cm³/mol. The van der Waals surface area contributed by atoms with E-state index >= 15 is 0 Å². The zero-order valence-corrected chi connectivity index (χ0v) is 13.3. The summed E-state index contributed by atoms with van der Waals surface area (Å²) in [5.74, 6) is 6.43. The van der Waals surface area contributed by atoms with Gasteiger partial charge in [0.25, 0.3) is 0 Å². The second-order valence-electron chi connectivity index (χ2n) is 4.61. The van der Waals surface area contributed by atoms with Crippen LogP contribution < -0.4 is 16.0 Å². The van der Waals surface area contributed by atoms with Gasteiger partial charge in [0.1, 0.15) is 11.7 Å². The molecule has 7 heteroatoms. The highest BCUT2D eigenvalue weighted by Crippen LogP contribution is 2.33. The van der Waals surface area contributed by atoms with Crippen molar-refractivity contribution in [2.24, 2.45) is 5.84 Å². The fraction of sp³-hybridized carbons (Fsp3) is 0.385. The Morgan fingerprint density at radius 2 is 2.20 bits per heavy atom. The van der Waals surface area contributed by atoms with Gasteiger partial charge in [0.05, 0.1) is 19.0 Å². The summed E-state index contributed by atoms with van der Waals surface area (Å²) in [5.41, 5.74) is 4.44. The van der Waals surface area contributed by atoms with Gasteiger partial charge in [0.15, 0.2) is 5.75 Å². The van der Waals surface area contributed by atoms with Crippen molar-refractivity contribution in [3.8, 4) is 5.75 Å². The molecule has 0 aliphatic heterocycles. The third kappa shape index (κ3) is 2.70. The molecule has 1 atom stereocenters. The van der Waals surface area contributed by atoms with Crippen molar-refractivity contribution in [2.45, 2.75) is 25.9 Å². The number of nitrogens with one attached hydrogen (secondary N) is 1. The molecule has 20 heavy (non-hydrogen) atoms. The Balaban J connectivity index is 2.57. The van der Waals surface area contributed by atoms with Crippen molar-refractivity contribution in [3.05, 3.63) is 40.4 Å². The lowest BCUT2D eigenvalue weighted by molar-refractivity contribution is 0.393. The molecular weight excluding hydrogens is 322 g/mol. The van der Waals surface area contributed by atoms with Gasteiger partial charge in [0, 0.05) is 16.7 Å². The van der Waals surface area contributed by atoms with Gasteiger partial charge in [-0.3, -0.25) is 15.5 Å². The molecule has 0 radical (unpaired) electrons. The Morgan fingerprint density at radius 3 is 2.75 bits per heavy atom. The molecule has 0 aliphatic carbocycles. The lowest BCUT2D eigenvalue weighted by atomic mass is 10.1. The first-order chi connectivity index (χ1) is 9.60. The second kappa shape index (κ2) is 6.34. The van der Waals surface area contributed by atoms with Gasteiger partial charge in [-0.1, -0.05) is 0 Å². The van der Waals surface area contributed by atoms with Crippen LogP contribution in [0, 0.1) is 0 Å². The highest BCUT2D eigenvalue weighted by Gasteiger charge is 2.26. The Hall–Kier alpha value is -1.44. The van der Waals surface area contributed by atoms with E-state index in [9.17, 15) is 0 Å². The maximum atomic E-state index is 5.75. The molecular formula is C13H18BrN5O. The fourth-order valence-electron chi connectivity index (χ4n) is 2.10. The molecule has 3 N–H and O–H groups in total. The highest BCUT2D eigenvalue weighted by molar-refractivity contribution is 9.10. The molecule has 2 aromatic heterocycles. The van der Waals surface area contributed by atoms with Gasteiger partial charge < -0.3 is 4.74 Å². The first-order valence-electron chi connectivity index (χ1n) is 6.28. The van der Waals surface area contributed by atoms with Crippen molar-refractivity contribution < 1.29 is 4.74 Å². The first-order valence-corrected chi connectivity index (χ1v) is 7.07. The van der Waals surface area contributed by atoms with Crippen LogP contribution in [0.4, 0.5) is 0 Å². The van der Waals surface area contributed by atoms with E-state index in [4.69, 9.17) is 10.6 Å². The lowest BCUT2D eigenvalue weighted by Gasteiger charge is -2.21. The highest BCUT2D eigenvalue weighted by atomic mass is 79.9. The SMILES string of the molecule is COc1cnn(C(C)C)c1C(NN)c1ncccc1Br. The Bertz CT molecular complexity index is 584. The summed E-state index contributed by atoms with van der Waals surface area (Å²) in [5, 5.41) is 4.36. The summed E-state index contributed by atoms with van der Waals surface area (Å²) >= 11 is 3.50. The van der Waals surface area contributed by atoms with Crippen molar-refractivity contribution in [3.63, 3.8) is 0 Å². The first kappa shape index (κ1) is 15.0. The van der Waals surface area contributed by atoms with Crippen LogP contribution in [0.15, 0.2) is 29.0 Å². The maximum absolute atomic E-state index is 5.75. The number of methoxy groups -OCH3 is 1. The minimum atomic E-state index is -0.314. The molecule has 2 aromatic rings. The maximum Gasteiger partial charge on any atom is 0.162 e. The summed E-state index contributed by atoms with van der Waals surface area (Å²) in [6.45, 7) is 4.11. The van der Waals surface area contributed by atoms with Gasteiger partial charge in [-0.05, 0) is 41.9 Å². The number of halogens is 1. The monoisotopic (exact) mass is 339 g/mol. The molecule has 0 spiro atoms. The molecule has 6 nitrogen and oxygen atoms in total. The number of nitrogens with two attached hydrogens (primary N) is 1. The topological polar surface area (TPSA) is 78.0 Å². The molecule has 2 rings (SSSR count). The lowest BCUT2D eigenvalue weighted by Crippen LogP contribution is -2.32. The number of nitrogens with zero attached hydrogens (tertiary/aromatic N) is 3. The Morgan fingerprint density at radius 1 is 1.45 bits per heavy atom. The minimum Gasteiger partial charge on any atom is -0.493 e. The smallest absolute Gasteiger partial charge is 0.162 e. The van der Waals surface area contributed by atoms with Crippen molar-refractivity contribution in [1.82, 2.24) is 20.2 Å². The number of hydrogen-bond acceptors (Lipinski definition) is 5. The van der Waals surface area contributed by atoms with Gasteiger partial charge >= 0.3 is 0 Å². The molecule has 0 fully saturated rings. The second-order valence-corrected chi connectivity index (χ2v) is 5.46. The van der Waals surface area contributed by atoms with E-state index in [0.29, 0.717) is 5.75 Å². The third-order valence-corrected chi connectivity index (χ3v) is 3.68. The molecule has 1 unspecified atom stereocenters. The predicted octanol–water partition coefficient (Wildman–Crippen LogP) is 2.18. The number of rotatable bonds is 5.